The van der Waals surface area contributed by atoms with Crippen LogP contribution in [0.5, 0.6) is 0 Å². The van der Waals surface area contributed by atoms with E-state index in [-0.39, 0.29) is 5.41 Å². The highest BCUT2D eigenvalue weighted by Gasteiger charge is 2.45. The number of hydrogen-bond donors (Lipinski definition) is 0. The van der Waals surface area contributed by atoms with Gasteiger partial charge in [0, 0.05) is 22.1 Å². The Morgan fingerprint density at radius 3 is 1.94 bits per heavy atom. The van der Waals surface area contributed by atoms with Crippen molar-refractivity contribution in [3.05, 3.63) is 161 Å². The van der Waals surface area contributed by atoms with Crippen LogP contribution >= 0.6 is 0 Å². The molecule has 4 aliphatic carbocycles. The molecule has 7 aromatic rings. The van der Waals surface area contributed by atoms with Crippen LogP contribution in [-0.2, 0) is 11.8 Å². The first-order chi connectivity index (χ1) is 24.0. The standard InChI is InChI=1S/C46H33N3/c1-46(2)39-15-9-8-14-35(39)42-40(46)21-18-27-22-30-23-28(16-19-31(30)41(27)42)44-47-43(26-10-4-3-5-11-26)48-45(49-44)29-17-20-34-36(24-29)32-12-6-7-13-33(32)37-25-38(34)37/h3-21,23-24,37-38H,22,25H2,1-2H3. The van der Waals surface area contributed by atoms with Crippen LogP contribution in [0.1, 0.15) is 65.5 Å². The molecule has 4 aliphatic rings. The maximum absolute atomic E-state index is 5.19. The van der Waals surface area contributed by atoms with Gasteiger partial charge in [-0.3, -0.25) is 0 Å². The first kappa shape index (κ1) is 27.3. The number of nitrogens with zero attached hydrogens (tertiary/aromatic N) is 3. The molecule has 1 aromatic heterocycles. The van der Waals surface area contributed by atoms with Crippen molar-refractivity contribution in [2.75, 3.05) is 0 Å². The predicted octanol–water partition coefficient (Wildman–Crippen LogP) is 11.0. The quantitative estimate of drug-likeness (QED) is 0.196. The fourth-order valence-corrected chi connectivity index (χ4v) is 9.17. The van der Waals surface area contributed by atoms with E-state index >= 15 is 0 Å². The predicted molar refractivity (Wildman–Crippen MR) is 197 cm³/mol. The van der Waals surface area contributed by atoms with Crippen molar-refractivity contribution in [3.63, 3.8) is 0 Å². The van der Waals surface area contributed by atoms with Gasteiger partial charge in [-0.05, 0) is 104 Å². The van der Waals surface area contributed by atoms with Crippen LogP contribution in [0, 0.1) is 0 Å². The number of rotatable bonds is 3. The Morgan fingerprint density at radius 1 is 0.469 bits per heavy atom. The second kappa shape index (κ2) is 9.70. The van der Waals surface area contributed by atoms with Gasteiger partial charge < -0.3 is 0 Å². The molecule has 2 unspecified atom stereocenters. The molecule has 0 spiro atoms. The van der Waals surface area contributed by atoms with Crippen LogP contribution < -0.4 is 0 Å². The molecule has 0 bridgehead atoms. The minimum absolute atomic E-state index is 0.0160. The molecule has 3 nitrogen and oxygen atoms in total. The SMILES string of the molecule is CC1(C)c2ccccc2-c2c1ccc1c2-c2ccc(-c3nc(-c4ccccc4)nc(-c4ccc5c(c4)-c4ccccc4C4CC54)n3)cc2C1. The lowest BCUT2D eigenvalue weighted by molar-refractivity contribution is 0.660. The van der Waals surface area contributed by atoms with E-state index in [2.05, 4.69) is 123 Å². The lowest BCUT2D eigenvalue weighted by atomic mass is 9.82. The van der Waals surface area contributed by atoms with Crippen molar-refractivity contribution in [1.82, 2.24) is 15.0 Å². The topological polar surface area (TPSA) is 38.7 Å². The molecular weight excluding hydrogens is 595 g/mol. The third-order valence-electron chi connectivity index (χ3n) is 11.7. The molecule has 0 aliphatic heterocycles. The molecule has 49 heavy (non-hydrogen) atoms. The van der Waals surface area contributed by atoms with Gasteiger partial charge in [0.15, 0.2) is 17.5 Å². The smallest absolute Gasteiger partial charge is 0.164 e. The average molecular weight is 628 g/mol. The van der Waals surface area contributed by atoms with Gasteiger partial charge in [0.25, 0.3) is 0 Å². The fraction of sp³-hybridized carbons (Fsp3) is 0.152. The van der Waals surface area contributed by atoms with Gasteiger partial charge in [-0.25, -0.2) is 15.0 Å². The van der Waals surface area contributed by atoms with Crippen molar-refractivity contribution >= 4 is 0 Å². The van der Waals surface area contributed by atoms with E-state index < -0.39 is 0 Å². The van der Waals surface area contributed by atoms with Gasteiger partial charge in [0.2, 0.25) is 0 Å². The Bertz CT molecular complexity index is 2540. The van der Waals surface area contributed by atoms with Gasteiger partial charge in [0.05, 0.1) is 0 Å². The van der Waals surface area contributed by atoms with Crippen molar-refractivity contribution in [3.8, 4) is 67.5 Å². The summed E-state index contributed by atoms with van der Waals surface area (Å²) in [4.78, 5) is 15.4. The normalized spacial score (nSPS) is 18.0. The van der Waals surface area contributed by atoms with E-state index in [0.29, 0.717) is 29.3 Å². The molecule has 3 heteroatoms. The number of benzene rings is 6. The van der Waals surface area contributed by atoms with Crippen LogP contribution in [0.2, 0.25) is 0 Å². The Balaban J connectivity index is 1.05. The van der Waals surface area contributed by atoms with E-state index in [1.165, 1.54) is 73.2 Å². The summed E-state index contributed by atoms with van der Waals surface area (Å²) >= 11 is 0. The van der Waals surface area contributed by atoms with Crippen LogP contribution in [0.4, 0.5) is 0 Å². The summed E-state index contributed by atoms with van der Waals surface area (Å²) in [6.45, 7) is 4.71. The highest BCUT2D eigenvalue weighted by Crippen LogP contribution is 2.62. The zero-order valence-electron chi connectivity index (χ0n) is 27.5. The van der Waals surface area contributed by atoms with Crippen molar-refractivity contribution in [2.24, 2.45) is 0 Å². The number of fused-ring (bicyclic) bond motifs is 13. The largest absolute Gasteiger partial charge is 0.208 e. The maximum Gasteiger partial charge on any atom is 0.164 e. The maximum atomic E-state index is 5.19. The van der Waals surface area contributed by atoms with Crippen molar-refractivity contribution < 1.29 is 0 Å². The summed E-state index contributed by atoms with van der Waals surface area (Å²) in [6, 6.07) is 46.6. The average Bonchev–Trinajstić information content (AvgIpc) is 3.82. The monoisotopic (exact) mass is 627 g/mol. The Labute approximate surface area is 286 Å². The second-order valence-electron chi connectivity index (χ2n) is 14.8. The van der Waals surface area contributed by atoms with Crippen LogP contribution in [0.15, 0.2) is 127 Å². The van der Waals surface area contributed by atoms with Gasteiger partial charge >= 0.3 is 0 Å². The van der Waals surface area contributed by atoms with Crippen LogP contribution in [0.25, 0.3) is 67.5 Å². The lowest BCUT2D eigenvalue weighted by Gasteiger charge is -2.21. The Hall–Kier alpha value is -5.67. The molecule has 0 amide bonds. The summed E-state index contributed by atoms with van der Waals surface area (Å²) in [6.07, 6.45) is 2.15. The van der Waals surface area contributed by atoms with E-state index in [4.69, 9.17) is 15.0 Å². The minimum atomic E-state index is -0.0160. The third-order valence-corrected chi connectivity index (χ3v) is 11.7. The summed E-state index contributed by atoms with van der Waals surface area (Å²) in [5.74, 6) is 3.41. The van der Waals surface area contributed by atoms with Crippen LogP contribution in [0.3, 0.4) is 0 Å². The molecule has 1 heterocycles. The highest BCUT2D eigenvalue weighted by molar-refractivity contribution is 5.97. The molecule has 232 valence electrons. The molecule has 1 fully saturated rings. The van der Waals surface area contributed by atoms with Gasteiger partial charge in [-0.1, -0.05) is 129 Å². The third kappa shape index (κ3) is 3.87. The Kier molecular flexibility index (Phi) is 5.41. The molecule has 0 saturated heterocycles. The zero-order chi connectivity index (χ0) is 32.4. The number of aromatic nitrogens is 3. The van der Waals surface area contributed by atoms with Gasteiger partial charge in [0.1, 0.15) is 0 Å². The molecule has 6 aromatic carbocycles. The molecule has 0 radical (unpaired) electrons. The van der Waals surface area contributed by atoms with Gasteiger partial charge in [-0.2, -0.15) is 0 Å². The van der Waals surface area contributed by atoms with Crippen molar-refractivity contribution in [2.45, 2.75) is 43.9 Å². The zero-order valence-corrected chi connectivity index (χ0v) is 27.5. The van der Waals surface area contributed by atoms with Crippen LogP contribution in [-0.4, -0.2) is 15.0 Å². The summed E-state index contributed by atoms with van der Waals surface area (Å²) in [7, 11) is 0. The fourth-order valence-electron chi connectivity index (χ4n) is 9.17. The highest BCUT2D eigenvalue weighted by atomic mass is 15.0. The lowest BCUT2D eigenvalue weighted by Crippen LogP contribution is -2.14. The van der Waals surface area contributed by atoms with E-state index in [1.54, 1.807) is 0 Å². The molecular formula is C46H33N3. The molecule has 2 atom stereocenters. The second-order valence-corrected chi connectivity index (χ2v) is 14.8. The minimum Gasteiger partial charge on any atom is -0.208 e. The summed E-state index contributed by atoms with van der Waals surface area (Å²) in [5.41, 5.74) is 19.7. The first-order valence-electron chi connectivity index (χ1n) is 17.5. The first-order valence-corrected chi connectivity index (χ1v) is 17.5. The van der Waals surface area contributed by atoms with Crippen molar-refractivity contribution in [1.29, 1.82) is 0 Å². The molecule has 1 saturated carbocycles. The summed E-state index contributed by atoms with van der Waals surface area (Å²) < 4.78 is 0. The van der Waals surface area contributed by atoms with E-state index in [0.717, 1.165) is 23.1 Å². The molecule has 0 N–H and O–H groups in total. The van der Waals surface area contributed by atoms with Gasteiger partial charge in [-0.15, -0.1) is 0 Å². The summed E-state index contributed by atoms with van der Waals surface area (Å²) in [5, 5.41) is 0. The molecule has 11 rings (SSSR count). The van der Waals surface area contributed by atoms with E-state index in [1.807, 2.05) is 18.2 Å². The Morgan fingerprint density at radius 2 is 1.12 bits per heavy atom. The number of hydrogen-bond acceptors (Lipinski definition) is 3. The van der Waals surface area contributed by atoms with E-state index in [9.17, 15) is 0 Å².